The topological polar surface area (TPSA) is 16.1 Å². The van der Waals surface area contributed by atoms with E-state index in [0.29, 0.717) is 5.92 Å². The van der Waals surface area contributed by atoms with Gasteiger partial charge in [0.05, 0.1) is 5.69 Å². The van der Waals surface area contributed by atoms with E-state index in [1.165, 1.54) is 37.3 Å². The highest BCUT2D eigenvalue weighted by Gasteiger charge is 2.16. The summed E-state index contributed by atoms with van der Waals surface area (Å²) >= 11 is 0. The standard InChI is InChI=1S/C15H24N2.C2H6/c1-12(2)15-6-4-5-14(16-15)11-17-9-7-13(3)8-10-17;1-2/h4-6,12-13H,7-11H2,1-3H3;1-2H3. The molecule has 1 aromatic heterocycles. The zero-order valence-corrected chi connectivity index (χ0v) is 13.3. The SMILES string of the molecule is CC.CC1CCN(Cc2cccc(C(C)C)n2)CC1. The van der Waals surface area contributed by atoms with Crippen molar-refractivity contribution in [2.75, 3.05) is 13.1 Å². The maximum Gasteiger partial charge on any atom is 0.0547 e. The molecule has 19 heavy (non-hydrogen) atoms. The first-order chi connectivity index (χ1) is 9.15. The molecule has 0 unspecified atom stereocenters. The smallest absolute Gasteiger partial charge is 0.0547 e. The first-order valence-electron chi connectivity index (χ1n) is 7.83. The summed E-state index contributed by atoms with van der Waals surface area (Å²) in [5.41, 5.74) is 2.44. The molecule has 1 fully saturated rings. The molecule has 1 aromatic rings. The molecule has 0 aromatic carbocycles. The van der Waals surface area contributed by atoms with Gasteiger partial charge in [-0.15, -0.1) is 0 Å². The molecule has 2 heterocycles. The molecule has 2 heteroatoms. The van der Waals surface area contributed by atoms with Gasteiger partial charge in [0.1, 0.15) is 0 Å². The highest BCUT2D eigenvalue weighted by atomic mass is 15.1. The van der Waals surface area contributed by atoms with Gasteiger partial charge in [0, 0.05) is 12.2 Å². The number of pyridine rings is 1. The molecule has 1 aliphatic heterocycles. The van der Waals surface area contributed by atoms with Gasteiger partial charge in [0.25, 0.3) is 0 Å². The number of likely N-dealkylation sites (tertiary alicyclic amines) is 1. The molecule has 108 valence electrons. The van der Waals surface area contributed by atoms with E-state index in [1.807, 2.05) is 13.8 Å². The van der Waals surface area contributed by atoms with E-state index >= 15 is 0 Å². The highest BCUT2D eigenvalue weighted by molar-refractivity contribution is 5.13. The predicted octanol–water partition coefficient (Wildman–Crippen LogP) is 4.46. The summed E-state index contributed by atoms with van der Waals surface area (Å²) < 4.78 is 0. The maximum atomic E-state index is 4.74. The molecule has 0 spiro atoms. The first kappa shape index (κ1) is 16.2. The van der Waals surface area contributed by atoms with Crippen LogP contribution in [0.3, 0.4) is 0 Å². The average molecular weight is 262 g/mol. The molecule has 0 atom stereocenters. The number of hydrogen-bond acceptors (Lipinski definition) is 2. The summed E-state index contributed by atoms with van der Waals surface area (Å²) in [4.78, 5) is 7.28. The van der Waals surface area contributed by atoms with E-state index in [1.54, 1.807) is 0 Å². The quantitative estimate of drug-likeness (QED) is 0.799. The fourth-order valence-corrected chi connectivity index (χ4v) is 2.36. The molecule has 2 nitrogen and oxygen atoms in total. The Labute approximate surface area is 119 Å². The van der Waals surface area contributed by atoms with Crippen molar-refractivity contribution in [1.29, 1.82) is 0 Å². The molecule has 2 rings (SSSR count). The van der Waals surface area contributed by atoms with Crippen LogP contribution in [-0.4, -0.2) is 23.0 Å². The summed E-state index contributed by atoms with van der Waals surface area (Å²) in [6, 6.07) is 6.43. The summed E-state index contributed by atoms with van der Waals surface area (Å²) in [5.74, 6) is 1.43. The van der Waals surface area contributed by atoms with Crippen LogP contribution in [0.2, 0.25) is 0 Å². The molecule has 1 saturated heterocycles. The van der Waals surface area contributed by atoms with Crippen LogP contribution < -0.4 is 0 Å². The fourth-order valence-electron chi connectivity index (χ4n) is 2.36. The van der Waals surface area contributed by atoms with Gasteiger partial charge in [-0.05, 0) is 49.9 Å². The molecule has 0 bridgehead atoms. The maximum absolute atomic E-state index is 4.74. The van der Waals surface area contributed by atoms with Crippen LogP contribution in [0.15, 0.2) is 18.2 Å². The predicted molar refractivity (Wildman–Crippen MR) is 83.3 cm³/mol. The monoisotopic (exact) mass is 262 g/mol. The Kier molecular flexibility index (Phi) is 7.07. The average Bonchev–Trinajstić information content (AvgIpc) is 2.44. The molecule has 0 radical (unpaired) electrons. The molecular weight excluding hydrogens is 232 g/mol. The third-order valence-electron chi connectivity index (χ3n) is 3.68. The number of piperidine rings is 1. The van der Waals surface area contributed by atoms with Crippen molar-refractivity contribution < 1.29 is 0 Å². The van der Waals surface area contributed by atoms with Crippen LogP contribution in [0.4, 0.5) is 0 Å². The van der Waals surface area contributed by atoms with Gasteiger partial charge < -0.3 is 0 Å². The van der Waals surface area contributed by atoms with Crippen LogP contribution in [0.1, 0.15) is 64.8 Å². The Morgan fingerprint density at radius 3 is 2.42 bits per heavy atom. The molecule has 0 saturated carbocycles. The molecule has 0 aliphatic carbocycles. The zero-order chi connectivity index (χ0) is 14.3. The minimum absolute atomic E-state index is 0.524. The van der Waals surface area contributed by atoms with Gasteiger partial charge >= 0.3 is 0 Å². The van der Waals surface area contributed by atoms with Crippen molar-refractivity contribution in [3.63, 3.8) is 0 Å². The van der Waals surface area contributed by atoms with Gasteiger partial charge in [-0.25, -0.2) is 0 Å². The second-order valence-corrected chi connectivity index (χ2v) is 5.67. The molecule has 0 amide bonds. The van der Waals surface area contributed by atoms with Gasteiger partial charge in [-0.1, -0.05) is 40.7 Å². The van der Waals surface area contributed by atoms with Gasteiger partial charge in [-0.2, -0.15) is 0 Å². The Morgan fingerprint density at radius 1 is 1.21 bits per heavy atom. The lowest BCUT2D eigenvalue weighted by molar-refractivity contribution is 0.183. The second kappa shape index (κ2) is 8.31. The summed E-state index contributed by atoms with van der Waals surface area (Å²) in [6.07, 6.45) is 2.67. The third kappa shape index (κ3) is 5.32. The van der Waals surface area contributed by atoms with Crippen LogP contribution in [0.25, 0.3) is 0 Å². The lowest BCUT2D eigenvalue weighted by Crippen LogP contribution is -2.32. The highest BCUT2D eigenvalue weighted by Crippen LogP contribution is 2.18. The Morgan fingerprint density at radius 2 is 1.84 bits per heavy atom. The zero-order valence-electron chi connectivity index (χ0n) is 13.3. The molecular formula is C17H30N2. The van der Waals surface area contributed by atoms with Gasteiger partial charge in [-0.3, -0.25) is 9.88 Å². The largest absolute Gasteiger partial charge is 0.297 e. The summed E-state index contributed by atoms with van der Waals surface area (Å²) in [7, 11) is 0. The van der Waals surface area contributed by atoms with E-state index in [4.69, 9.17) is 4.98 Å². The van der Waals surface area contributed by atoms with E-state index in [9.17, 15) is 0 Å². The first-order valence-corrected chi connectivity index (χ1v) is 7.83. The van der Waals surface area contributed by atoms with Crippen LogP contribution >= 0.6 is 0 Å². The number of nitrogens with zero attached hydrogens (tertiary/aromatic N) is 2. The van der Waals surface area contributed by atoms with E-state index in [2.05, 4.69) is 43.9 Å². The Hall–Kier alpha value is -0.890. The number of rotatable bonds is 3. The minimum Gasteiger partial charge on any atom is -0.297 e. The van der Waals surface area contributed by atoms with Crippen molar-refractivity contribution >= 4 is 0 Å². The van der Waals surface area contributed by atoms with Crippen LogP contribution in [0.5, 0.6) is 0 Å². The van der Waals surface area contributed by atoms with E-state index < -0.39 is 0 Å². The van der Waals surface area contributed by atoms with E-state index in [-0.39, 0.29) is 0 Å². The van der Waals surface area contributed by atoms with Gasteiger partial charge in [0.15, 0.2) is 0 Å². The fraction of sp³-hybridized carbons (Fsp3) is 0.706. The molecule has 0 N–H and O–H groups in total. The molecule has 1 aliphatic rings. The van der Waals surface area contributed by atoms with E-state index in [0.717, 1.165) is 12.5 Å². The van der Waals surface area contributed by atoms with Crippen molar-refractivity contribution in [3.8, 4) is 0 Å². The lowest BCUT2D eigenvalue weighted by Gasteiger charge is -2.29. The number of hydrogen-bond donors (Lipinski definition) is 0. The minimum atomic E-state index is 0.524. The number of aromatic nitrogens is 1. The van der Waals surface area contributed by atoms with Crippen molar-refractivity contribution in [1.82, 2.24) is 9.88 Å². The van der Waals surface area contributed by atoms with Crippen LogP contribution in [-0.2, 0) is 6.54 Å². The van der Waals surface area contributed by atoms with Gasteiger partial charge in [0.2, 0.25) is 0 Å². The Bertz CT molecular complexity index is 352. The van der Waals surface area contributed by atoms with Crippen LogP contribution in [0, 0.1) is 5.92 Å². The summed E-state index contributed by atoms with van der Waals surface area (Å²) in [5, 5.41) is 0. The third-order valence-corrected chi connectivity index (χ3v) is 3.68. The van der Waals surface area contributed by atoms with Crippen molar-refractivity contribution in [3.05, 3.63) is 29.6 Å². The Balaban J connectivity index is 0.000000861. The normalized spacial score (nSPS) is 17.2. The lowest BCUT2D eigenvalue weighted by atomic mass is 9.99. The van der Waals surface area contributed by atoms with Crippen molar-refractivity contribution in [2.24, 2.45) is 5.92 Å². The summed E-state index contributed by atoms with van der Waals surface area (Å²) in [6.45, 7) is 14.2. The van der Waals surface area contributed by atoms with Crippen molar-refractivity contribution in [2.45, 2.75) is 59.9 Å². The second-order valence-electron chi connectivity index (χ2n) is 5.67.